The molecule has 0 aromatic heterocycles. The van der Waals surface area contributed by atoms with Crippen LogP contribution in [0.2, 0.25) is 0 Å². The average Bonchev–Trinajstić information content (AvgIpc) is 2.99. The van der Waals surface area contributed by atoms with Gasteiger partial charge in [0.05, 0.1) is 12.0 Å². The summed E-state index contributed by atoms with van der Waals surface area (Å²) >= 11 is 0.720. The zero-order chi connectivity index (χ0) is 24.7. The Morgan fingerprint density at radius 2 is 1.91 bits per heavy atom. The van der Waals surface area contributed by atoms with Crippen LogP contribution in [0.15, 0.2) is 23.1 Å². The molecule has 1 fully saturated rings. The first kappa shape index (κ1) is 26.1. The minimum Gasteiger partial charge on any atom is -0.493 e. The molecule has 1 aromatic rings. The smallest absolute Gasteiger partial charge is 0.387 e. The number of benzene rings is 1. The van der Waals surface area contributed by atoms with E-state index in [2.05, 4.69) is 15.4 Å². The van der Waals surface area contributed by atoms with Gasteiger partial charge in [-0.25, -0.2) is 0 Å². The first-order chi connectivity index (χ1) is 15.5. The van der Waals surface area contributed by atoms with Gasteiger partial charge in [-0.05, 0) is 41.5 Å². The molecule has 1 aliphatic heterocycles. The molecular weight excluding hydrogens is 460 g/mol. The molecule has 2 N–H and O–H groups in total. The number of rotatable bonds is 10. The van der Waals surface area contributed by atoms with Crippen LogP contribution >= 0.6 is 11.8 Å². The Morgan fingerprint density at radius 1 is 1.21 bits per heavy atom. The molecule has 33 heavy (non-hydrogen) atoms. The van der Waals surface area contributed by atoms with E-state index < -0.39 is 29.7 Å². The number of imide groups is 1. The molecule has 0 bridgehead atoms. The Labute approximate surface area is 193 Å². The van der Waals surface area contributed by atoms with Gasteiger partial charge in [-0.15, -0.1) is 0 Å². The van der Waals surface area contributed by atoms with Crippen LogP contribution < -0.4 is 20.1 Å². The van der Waals surface area contributed by atoms with Crippen LogP contribution in [0.4, 0.5) is 13.6 Å². The summed E-state index contributed by atoms with van der Waals surface area (Å²) in [5, 5.41) is 4.67. The fourth-order valence-electron chi connectivity index (χ4n) is 2.97. The number of nitrogens with zero attached hydrogens (tertiary/aromatic N) is 1. The van der Waals surface area contributed by atoms with Gasteiger partial charge < -0.3 is 20.1 Å². The predicted molar refractivity (Wildman–Crippen MR) is 118 cm³/mol. The van der Waals surface area contributed by atoms with E-state index in [9.17, 15) is 28.0 Å². The summed E-state index contributed by atoms with van der Waals surface area (Å²) < 4.78 is 34.3. The molecule has 1 saturated heterocycles. The van der Waals surface area contributed by atoms with Crippen molar-refractivity contribution in [1.29, 1.82) is 0 Å². The maximum Gasteiger partial charge on any atom is 0.387 e. The Hall–Kier alpha value is -3.15. The molecule has 2 rings (SSSR count). The first-order valence-electron chi connectivity index (χ1n) is 9.96. The number of alkyl halides is 2. The van der Waals surface area contributed by atoms with Gasteiger partial charge in [-0.2, -0.15) is 8.78 Å². The summed E-state index contributed by atoms with van der Waals surface area (Å²) in [6.45, 7) is 1.81. The van der Waals surface area contributed by atoms with Crippen LogP contribution in [0.5, 0.6) is 11.5 Å². The van der Waals surface area contributed by atoms with Crippen LogP contribution in [-0.2, 0) is 14.4 Å². The van der Waals surface area contributed by atoms with E-state index in [1.165, 1.54) is 38.3 Å². The van der Waals surface area contributed by atoms with Crippen molar-refractivity contribution in [2.45, 2.75) is 33.4 Å². The molecule has 0 spiro atoms. The van der Waals surface area contributed by atoms with Crippen molar-refractivity contribution in [3.05, 3.63) is 28.7 Å². The van der Waals surface area contributed by atoms with Crippen LogP contribution in [0.25, 0.3) is 6.08 Å². The summed E-state index contributed by atoms with van der Waals surface area (Å²) in [6.07, 6.45) is 1.43. The number of carbonyl (C=O) groups is 4. The Bertz CT molecular complexity index is 954. The lowest BCUT2D eigenvalue weighted by Crippen LogP contribution is -2.50. The van der Waals surface area contributed by atoms with E-state index in [0.717, 1.165) is 16.7 Å². The first-order valence-corrected chi connectivity index (χ1v) is 10.8. The molecular formula is C21H25F2N3O6S. The number of methoxy groups -OCH3 is 1. The maximum absolute atomic E-state index is 12.6. The maximum atomic E-state index is 12.6. The van der Waals surface area contributed by atoms with Gasteiger partial charge in [0.1, 0.15) is 6.04 Å². The second kappa shape index (κ2) is 11.6. The molecule has 1 atom stereocenters. The lowest BCUT2D eigenvalue weighted by molar-refractivity contribution is -0.129. The largest absolute Gasteiger partial charge is 0.493 e. The van der Waals surface area contributed by atoms with E-state index in [0.29, 0.717) is 5.56 Å². The van der Waals surface area contributed by atoms with Gasteiger partial charge in [0, 0.05) is 20.0 Å². The van der Waals surface area contributed by atoms with Crippen LogP contribution in [0.1, 0.15) is 26.3 Å². The number of hydrogen-bond donors (Lipinski definition) is 2. The number of carbonyl (C=O) groups excluding carboxylic acids is 4. The zero-order valence-corrected chi connectivity index (χ0v) is 19.3. The molecule has 0 saturated carbocycles. The average molecular weight is 486 g/mol. The lowest BCUT2D eigenvalue weighted by Gasteiger charge is -2.21. The fraction of sp³-hybridized carbons (Fsp3) is 0.429. The monoisotopic (exact) mass is 485 g/mol. The topological polar surface area (TPSA) is 114 Å². The quantitative estimate of drug-likeness (QED) is 0.490. The lowest BCUT2D eigenvalue weighted by atomic mass is 10.0. The molecule has 180 valence electrons. The number of ether oxygens (including phenoxy) is 2. The molecule has 12 heteroatoms. The van der Waals surface area contributed by atoms with Crippen LogP contribution in [0, 0.1) is 5.92 Å². The van der Waals surface area contributed by atoms with Gasteiger partial charge in [0.2, 0.25) is 11.8 Å². The molecule has 4 amide bonds. The summed E-state index contributed by atoms with van der Waals surface area (Å²) in [6, 6.07) is 3.39. The third kappa shape index (κ3) is 7.17. The fourth-order valence-corrected chi connectivity index (χ4v) is 3.83. The second-order valence-corrected chi connectivity index (χ2v) is 8.33. The van der Waals surface area contributed by atoms with Gasteiger partial charge in [0.25, 0.3) is 11.1 Å². The minimum absolute atomic E-state index is 0.0143. The normalized spacial score (nSPS) is 15.9. The summed E-state index contributed by atoms with van der Waals surface area (Å²) in [5.74, 6) is -1.57. The van der Waals surface area contributed by atoms with Crippen molar-refractivity contribution in [3.63, 3.8) is 0 Å². The predicted octanol–water partition coefficient (Wildman–Crippen LogP) is 2.61. The van der Waals surface area contributed by atoms with Crippen molar-refractivity contribution in [3.8, 4) is 11.5 Å². The van der Waals surface area contributed by atoms with Gasteiger partial charge >= 0.3 is 6.61 Å². The van der Waals surface area contributed by atoms with Gasteiger partial charge in [-0.3, -0.25) is 24.1 Å². The number of hydrogen-bond acceptors (Lipinski definition) is 7. The van der Waals surface area contributed by atoms with E-state index in [-0.39, 0.29) is 41.3 Å². The highest BCUT2D eigenvalue weighted by atomic mass is 32.2. The molecule has 1 heterocycles. The summed E-state index contributed by atoms with van der Waals surface area (Å²) in [4.78, 5) is 49.6. The highest BCUT2D eigenvalue weighted by Gasteiger charge is 2.35. The second-order valence-electron chi connectivity index (χ2n) is 7.34. The third-order valence-electron chi connectivity index (χ3n) is 4.52. The summed E-state index contributed by atoms with van der Waals surface area (Å²) in [5.41, 5.74) is 0.447. The Morgan fingerprint density at radius 3 is 2.48 bits per heavy atom. The molecule has 1 aromatic carbocycles. The van der Waals surface area contributed by atoms with Crippen molar-refractivity contribution in [2.75, 3.05) is 20.2 Å². The Balaban J connectivity index is 2.03. The van der Waals surface area contributed by atoms with E-state index >= 15 is 0 Å². The van der Waals surface area contributed by atoms with Crippen LogP contribution in [0.3, 0.4) is 0 Å². The van der Waals surface area contributed by atoms with Crippen LogP contribution in [-0.4, -0.2) is 60.7 Å². The number of halogens is 2. The minimum atomic E-state index is -3.02. The number of thioether (sulfide) groups is 1. The Kier molecular flexibility index (Phi) is 9.21. The van der Waals surface area contributed by atoms with Crippen molar-refractivity contribution >= 4 is 40.8 Å². The van der Waals surface area contributed by atoms with Crippen molar-refractivity contribution < 1.29 is 37.4 Å². The standard InChI is InChI=1S/C21H25F2N3O6S/c1-11(2)17(25-12(3)27)18(28)24-7-8-26-19(29)16(33-21(26)30)10-13-5-6-14(32-20(22)23)15(9-13)31-4/h5-6,9-11,17,20H,7-8H2,1-4H3,(H,24,28)(H,25,27)/b16-10+/t17-/m0/s1. The van der Waals surface area contributed by atoms with Gasteiger partial charge in [0.15, 0.2) is 11.5 Å². The molecule has 0 radical (unpaired) electrons. The third-order valence-corrected chi connectivity index (χ3v) is 5.43. The summed E-state index contributed by atoms with van der Waals surface area (Å²) in [7, 11) is 1.29. The molecule has 0 unspecified atom stereocenters. The van der Waals surface area contributed by atoms with E-state index in [4.69, 9.17) is 4.74 Å². The molecule has 1 aliphatic rings. The van der Waals surface area contributed by atoms with E-state index in [1.807, 2.05) is 0 Å². The highest BCUT2D eigenvalue weighted by molar-refractivity contribution is 8.18. The van der Waals surface area contributed by atoms with Crippen molar-refractivity contribution in [1.82, 2.24) is 15.5 Å². The number of nitrogens with one attached hydrogen (secondary N) is 2. The zero-order valence-electron chi connectivity index (χ0n) is 18.5. The van der Waals surface area contributed by atoms with Gasteiger partial charge in [-0.1, -0.05) is 19.9 Å². The molecule has 9 nitrogen and oxygen atoms in total. The van der Waals surface area contributed by atoms with Crippen molar-refractivity contribution in [2.24, 2.45) is 5.92 Å². The molecule has 0 aliphatic carbocycles. The van der Waals surface area contributed by atoms with E-state index in [1.54, 1.807) is 13.8 Å². The number of amides is 4. The highest BCUT2D eigenvalue weighted by Crippen LogP contribution is 2.34. The SMILES string of the molecule is COc1cc(/C=C2/SC(=O)N(CCNC(=O)[C@@H](NC(C)=O)C(C)C)C2=O)ccc1OC(F)F.